The van der Waals surface area contributed by atoms with E-state index in [1.54, 1.807) is 13.8 Å². The van der Waals surface area contributed by atoms with Crippen LogP contribution in [0.2, 0.25) is 0 Å². The van der Waals surface area contributed by atoms with Crippen molar-refractivity contribution in [3.63, 3.8) is 0 Å². The summed E-state index contributed by atoms with van der Waals surface area (Å²) in [6.45, 7) is 5.21. The molecule has 2 heterocycles. The summed E-state index contributed by atoms with van der Waals surface area (Å²) in [5.41, 5.74) is 1.19. The van der Waals surface area contributed by atoms with Crippen LogP contribution in [-0.4, -0.2) is 24.5 Å². The van der Waals surface area contributed by atoms with Crippen LogP contribution in [0.25, 0.3) is 0 Å². The Balaban J connectivity index is 2.35. The van der Waals surface area contributed by atoms with E-state index in [0.717, 1.165) is 21.9 Å². The number of aryl methyl sites for hydroxylation is 3. The highest BCUT2D eigenvalue weighted by atomic mass is 32.2. The third-order valence-electron chi connectivity index (χ3n) is 2.60. The average Bonchev–Trinajstić information content (AvgIpc) is 2.83. The Kier molecular flexibility index (Phi) is 3.85. The number of thiophene rings is 1. The molecule has 0 saturated heterocycles. The first-order chi connectivity index (χ1) is 9.20. The first-order valence-corrected chi connectivity index (χ1v) is 8.63. The van der Waals surface area contributed by atoms with Gasteiger partial charge >= 0.3 is 5.97 Å². The summed E-state index contributed by atoms with van der Waals surface area (Å²) in [5.74, 6) is -1.13. The molecule has 2 aromatic rings. The molecule has 9 heteroatoms. The second-order valence-corrected chi connectivity index (χ2v) is 8.31. The number of nitrogens with zero attached hydrogens (tertiary/aromatic N) is 1. The molecule has 0 saturated carbocycles. The van der Waals surface area contributed by atoms with Crippen molar-refractivity contribution < 1.29 is 18.3 Å². The fraction of sp³-hybridized carbons (Fsp3) is 0.273. The Hall–Kier alpha value is -1.45. The highest BCUT2D eigenvalue weighted by Gasteiger charge is 2.23. The van der Waals surface area contributed by atoms with Crippen molar-refractivity contribution in [2.24, 2.45) is 0 Å². The fourth-order valence-electron chi connectivity index (χ4n) is 1.48. The monoisotopic (exact) mass is 332 g/mol. The highest BCUT2D eigenvalue weighted by Crippen LogP contribution is 2.29. The van der Waals surface area contributed by atoms with Gasteiger partial charge in [-0.2, -0.15) is 0 Å². The van der Waals surface area contributed by atoms with Gasteiger partial charge in [0.15, 0.2) is 5.13 Å². The van der Waals surface area contributed by atoms with Gasteiger partial charge in [0.2, 0.25) is 0 Å². The molecule has 0 atom stereocenters. The van der Waals surface area contributed by atoms with Crippen molar-refractivity contribution in [3.05, 3.63) is 27.1 Å². The Bertz CT molecular complexity index is 754. The van der Waals surface area contributed by atoms with Crippen LogP contribution in [0.1, 0.15) is 25.8 Å². The van der Waals surface area contributed by atoms with Crippen LogP contribution in [0.4, 0.5) is 5.13 Å². The molecular weight excluding hydrogens is 320 g/mol. The number of hydrogen-bond donors (Lipinski definition) is 2. The van der Waals surface area contributed by atoms with Gasteiger partial charge in [0, 0.05) is 4.88 Å². The summed E-state index contributed by atoms with van der Waals surface area (Å²) in [6, 6.07) is 1.35. The van der Waals surface area contributed by atoms with Crippen molar-refractivity contribution in [2.75, 3.05) is 4.72 Å². The zero-order valence-corrected chi connectivity index (χ0v) is 13.4. The fourth-order valence-corrected chi connectivity index (χ4v) is 4.91. The van der Waals surface area contributed by atoms with E-state index in [4.69, 9.17) is 5.11 Å². The number of anilines is 1. The number of carboxylic acid groups (broad SMARTS) is 1. The number of aromatic nitrogens is 1. The lowest BCUT2D eigenvalue weighted by molar-refractivity contribution is 0.0701. The lowest BCUT2D eigenvalue weighted by Gasteiger charge is -2.01. The maximum absolute atomic E-state index is 12.2. The molecular formula is C11H12N2O4S3. The Morgan fingerprint density at radius 1 is 1.30 bits per heavy atom. The number of carbonyl (C=O) groups is 1. The quantitative estimate of drug-likeness (QED) is 0.897. The summed E-state index contributed by atoms with van der Waals surface area (Å²) >= 11 is 1.97. The van der Waals surface area contributed by atoms with Gasteiger partial charge in [-0.3, -0.25) is 4.72 Å². The van der Waals surface area contributed by atoms with Gasteiger partial charge in [-0.05, 0) is 32.4 Å². The smallest absolute Gasteiger partial charge is 0.346 e. The zero-order valence-electron chi connectivity index (χ0n) is 10.9. The topological polar surface area (TPSA) is 96.4 Å². The van der Waals surface area contributed by atoms with E-state index in [0.29, 0.717) is 5.56 Å². The first kappa shape index (κ1) is 14.9. The third-order valence-corrected chi connectivity index (χ3v) is 6.76. The van der Waals surface area contributed by atoms with Gasteiger partial charge in [-0.25, -0.2) is 18.2 Å². The van der Waals surface area contributed by atoms with Crippen LogP contribution in [0, 0.1) is 20.8 Å². The van der Waals surface area contributed by atoms with E-state index in [9.17, 15) is 13.2 Å². The SMILES string of the molecule is Cc1cc(S(=O)(=O)Nc2nc(C)c(C)s2)sc1C(=O)O. The van der Waals surface area contributed by atoms with Crippen LogP contribution < -0.4 is 4.72 Å². The zero-order chi connectivity index (χ0) is 15.1. The molecule has 0 amide bonds. The number of rotatable bonds is 4. The molecule has 20 heavy (non-hydrogen) atoms. The van der Waals surface area contributed by atoms with E-state index in [-0.39, 0.29) is 14.2 Å². The van der Waals surface area contributed by atoms with Gasteiger partial charge in [0.25, 0.3) is 10.0 Å². The van der Waals surface area contributed by atoms with Crippen molar-refractivity contribution in [1.82, 2.24) is 4.98 Å². The Labute approximate surface area is 124 Å². The number of hydrogen-bond acceptors (Lipinski definition) is 6. The van der Waals surface area contributed by atoms with E-state index in [2.05, 4.69) is 9.71 Å². The van der Waals surface area contributed by atoms with Crippen molar-refractivity contribution in [1.29, 1.82) is 0 Å². The van der Waals surface area contributed by atoms with Crippen LogP contribution >= 0.6 is 22.7 Å². The standard InChI is InChI=1S/C11H12N2O4S3/c1-5-4-8(19-9(5)10(14)15)20(16,17)13-11-12-6(2)7(3)18-11/h4H,1-3H3,(H,12,13)(H,14,15). The largest absolute Gasteiger partial charge is 0.477 e. The van der Waals surface area contributed by atoms with Crippen molar-refractivity contribution in [2.45, 2.75) is 25.0 Å². The minimum absolute atomic E-state index is 0.0249. The number of carboxylic acids is 1. The molecule has 0 fully saturated rings. The molecule has 0 bridgehead atoms. The van der Waals surface area contributed by atoms with Gasteiger partial charge in [-0.15, -0.1) is 22.7 Å². The number of aromatic carboxylic acids is 1. The number of sulfonamides is 1. The van der Waals surface area contributed by atoms with E-state index in [1.807, 2.05) is 6.92 Å². The lowest BCUT2D eigenvalue weighted by Crippen LogP contribution is -2.11. The summed E-state index contributed by atoms with van der Waals surface area (Å²) < 4.78 is 26.7. The summed E-state index contributed by atoms with van der Waals surface area (Å²) in [7, 11) is -3.80. The van der Waals surface area contributed by atoms with Gasteiger partial charge in [0.1, 0.15) is 9.09 Å². The highest BCUT2D eigenvalue weighted by molar-refractivity contribution is 7.94. The molecule has 0 aliphatic rings. The summed E-state index contributed by atoms with van der Waals surface area (Å²) in [4.78, 5) is 16.0. The van der Waals surface area contributed by atoms with Crippen LogP contribution in [0.5, 0.6) is 0 Å². The first-order valence-electron chi connectivity index (χ1n) is 5.51. The van der Waals surface area contributed by atoms with Gasteiger partial charge in [-0.1, -0.05) is 0 Å². The van der Waals surface area contributed by atoms with E-state index >= 15 is 0 Å². The Morgan fingerprint density at radius 3 is 2.40 bits per heavy atom. The minimum atomic E-state index is -3.80. The second-order valence-electron chi connectivity index (χ2n) is 4.15. The molecule has 2 rings (SSSR count). The molecule has 6 nitrogen and oxygen atoms in total. The second kappa shape index (κ2) is 5.15. The molecule has 0 aliphatic heterocycles. The minimum Gasteiger partial charge on any atom is -0.477 e. The Morgan fingerprint density at radius 2 is 1.95 bits per heavy atom. The van der Waals surface area contributed by atoms with Gasteiger partial charge < -0.3 is 5.11 Å². The molecule has 0 radical (unpaired) electrons. The van der Waals surface area contributed by atoms with Crippen LogP contribution in [0.3, 0.4) is 0 Å². The molecule has 0 aliphatic carbocycles. The predicted octanol–water partition coefficient (Wildman–Crippen LogP) is 2.63. The molecule has 2 N–H and O–H groups in total. The lowest BCUT2D eigenvalue weighted by atomic mass is 10.3. The molecule has 0 unspecified atom stereocenters. The number of thiazole rings is 1. The maximum Gasteiger partial charge on any atom is 0.346 e. The van der Waals surface area contributed by atoms with Crippen LogP contribution in [-0.2, 0) is 10.0 Å². The molecule has 108 valence electrons. The van der Waals surface area contributed by atoms with Crippen LogP contribution in [0.15, 0.2) is 10.3 Å². The molecule has 2 aromatic heterocycles. The normalized spacial score (nSPS) is 11.6. The molecule has 0 spiro atoms. The number of nitrogens with one attached hydrogen (secondary N) is 1. The average molecular weight is 332 g/mol. The predicted molar refractivity (Wildman–Crippen MR) is 78.4 cm³/mol. The molecule has 0 aromatic carbocycles. The van der Waals surface area contributed by atoms with Crippen molar-refractivity contribution >= 4 is 43.8 Å². The van der Waals surface area contributed by atoms with E-state index < -0.39 is 16.0 Å². The summed E-state index contributed by atoms with van der Waals surface area (Å²) in [6.07, 6.45) is 0. The third kappa shape index (κ3) is 2.84. The summed E-state index contributed by atoms with van der Waals surface area (Å²) in [5, 5.41) is 9.24. The maximum atomic E-state index is 12.2. The van der Waals surface area contributed by atoms with Gasteiger partial charge in [0.05, 0.1) is 5.69 Å². The van der Waals surface area contributed by atoms with E-state index in [1.165, 1.54) is 17.4 Å². The van der Waals surface area contributed by atoms with Crippen molar-refractivity contribution in [3.8, 4) is 0 Å².